The topological polar surface area (TPSA) is 27.1 Å². The van der Waals surface area contributed by atoms with Crippen LogP contribution in [0.3, 0.4) is 0 Å². The van der Waals surface area contributed by atoms with E-state index in [0.29, 0.717) is 0 Å². The minimum Gasteiger partial charge on any atom is -0.494 e. The number of rotatable bonds is 33. The number of imidazole rings is 1. The van der Waals surface area contributed by atoms with Crippen LogP contribution in [0.25, 0.3) is 88.5 Å². The molecule has 0 amide bonds. The van der Waals surface area contributed by atoms with E-state index in [-0.39, 0.29) is 5.41 Å². The number of nitrogens with zero attached hydrogens (tertiary/aromatic N) is 2. The van der Waals surface area contributed by atoms with E-state index >= 15 is 0 Å². The van der Waals surface area contributed by atoms with E-state index in [1.807, 2.05) is 0 Å². The number of benzene rings is 8. The monoisotopic (exact) mass is 1070 g/mol. The van der Waals surface area contributed by atoms with E-state index in [0.717, 1.165) is 48.6 Å². The van der Waals surface area contributed by atoms with Crippen molar-refractivity contribution in [3.63, 3.8) is 0 Å². The summed E-state index contributed by atoms with van der Waals surface area (Å²) in [6.07, 6.45) is 33.2. The van der Waals surface area contributed by atoms with Gasteiger partial charge in [0, 0.05) is 28.3 Å². The number of hydrogen-bond acceptors (Lipinski definition) is 2. The molecule has 0 aliphatic heterocycles. The first-order valence-electron chi connectivity index (χ1n) is 32.6. The second kappa shape index (κ2) is 29.0. The third kappa shape index (κ3) is 13.6. The maximum Gasteiger partial charge on any atom is 0.141 e. The zero-order valence-electron chi connectivity index (χ0n) is 50.1. The Labute approximate surface area is 488 Å². The van der Waals surface area contributed by atoms with Crippen LogP contribution in [0, 0.1) is 0 Å². The minimum absolute atomic E-state index is 0.00449. The van der Waals surface area contributed by atoms with Crippen molar-refractivity contribution < 1.29 is 4.74 Å². The smallest absolute Gasteiger partial charge is 0.141 e. The van der Waals surface area contributed by atoms with Crippen LogP contribution in [0.2, 0.25) is 0 Å². The molecule has 422 valence electrons. The van der Waals surface area contributed by atoms with Crippen LogP contribution < -0.4 is 4.74 Å². The van der Waals surface area contributed by atoms with Crippen molar-refractivity contribution in [2.45, 2.75) is 207 Å². The van der Waals surface area contributed by atoms with Crippen molar-refractivity contribution in [2.24, 2.45) is 0 Å². The second-order valence-corrected chi connectivity index (χ2v) is 24.1. The second-order valence-electron chi connectivity index (χ2n) is 24.1. The molecule has 0 atom stereocenters. The molecule has 1 aliphatic rings. The molecule has 10 rings (SSSR count). The van der Waals surface area contributed by atoms with Crippen molar-refractivity contribution in [1.29, 1.82) is 0 Å². The van der Waals surface area contributed by atoms with Crippen LogP contribution >= 0.6 is 0 Å². The fourth-order valence-electron chi connectivity index (χ4n) is 13.7. The van der Waals surface area contributed by atoms with Crippen molar-refractivity contribution in [3.8, 4) is 61.6 Å². The van der Waals surface area contributed by atoms with Crippen LogP contribution in [0.4, 0.5) is 0 Å². The van der Waals surface area contributed by atoms with Gasteiger partial charge in [-0.3, -0.25) is 0 Å². The zero-order chi connectivity index (χ0) is 55.6. The Morgan fingerprint density at radius 2 is 0.827 bits per heavy atom. The first-order valence-corrected chi connectivity index (χ1v) is 32.6. The molecule has 0 fully saturated rings. The maximum absolute atomic E-state index is 6.32. The van der Waals surface area contributed by atoms with Gasteiger partial charge in [0.25, 0.3) is 0 Å². The number of ether oxygens (including phenoxy) is 1. The van der Waals surface area contributed by atoms with Crippen molar-refractivity contribution in [2.75, 3.05) is 6.61 Å². The average Bonchev–Trinajstić information content (AvgIpc) is 4.20. The summed E-state index contributed by atoms with van der Waals surface area (Å²) in [6, 6.07) is 60.5. The number of unbranched alkanes of at least 4 members (excludes halogenated alkanes) is 20. The van der Waals surface area contributed by atoms with Gasteiger partial charge in [-0.1, -0.05) is 278 Å². The predicted octanol–water partition coefficient (Wildman–Crippen LogP) is 23.9. The van der Waals surface area contributed by atoms with Crippen molar-refractivity contribution in [1.82, 2.24) is 9.55 Å². The number of hydrogen-bond donors (Lipinski definition) is 0. The Kier molecular flexibility index (Phi) is 20.7. The van der Waals surface area contributed by atoms with Crippen molar-refractivity contribution in [3.05, 3.63) is 169 Å². The molecule has 9 aromatic rings. The summed E-state index contributed by atoms with van der Waals surface area (Å²) in [5.41, 5.74) is 17.1. The van der Waals surface area contributed by atoms with Gasteiger partial charge in [-0.2, -0.15) is 0 Å². The standard InChI is InChI=1S/C78H94N2O/c1-5-9-13-17-21-31-51-78(52-32-22-18-14-10-6-2)73-50-44-64(57-72(73)67-47-41-65(58-74(67)78)60-37-29-26-30-38-60)63-42-48-68-70(56-63)71-55-62(59-35-27-25-28-36-59)43-49-69(71)76-75(68)79-77(80(76)53-33-23-19-15-11-7-3)61-39-45-66(46-40-61)81-54-34-24-20-16-12-8-4/h25-30,35-50,55-58H,5-24,31-34,51-54H2,1-4H3. The lowest BCUT2D eigenvalue weighted by Crippen LogP contribution is -2.25. The molecule has 1 heterocycles. The van der Waals surface area contributed by atoms with Crippen LogP contribution in [0.1, 0.15) is 206 Å². The first-order chi connectivity index (χ1) is 40.0. The van der Waals surface area contributed by atoms with E-state index < -0.39 is 0 Å². The highest BCUT2D eigenvalue weighted by atomic mass is 16.5. The lowest BCUT2D eigenvalue weighted by atomic mass is 9.70. The van der Waals surface area contributed by atoms with E-state index in [4.69, 9.17) is 9.72 Å². The Morgan fingerprint density at radius 3 is 1.43 bits per heavy atom. The van der Waals surface area contributed by atoms with Crippen LogP contribution in [0.15, 0.2) is 158 Å². The SMILES string of the molecule is CCCCCCCCOc1ccc(-c2nc3c4ccc(-c5ccc6c(c5)-c5ccc(-c7ccccc7)cc5C6(CCCCCCCC)CCCCCCCC)cc4c4cc(-c5ccccc5)ccc4c3n2CCCCCCCC)cc1. The van der Waals surface area contributed by atoms with Crippen LogP contribution in [-0.2, 0) is 12.0 Å². The highest BCUT2D eigenvalue weighted by Gasteiger charge is 2.42. The summed E-state index contributed by atoms with van der Waals surface area (Å²) < 4.78 is 8.89. The molecule has 1 aromatic heterocycles. The number of aromatic nitrogens is 2. The van der Waals surface area contributed by atoms with E-state index in [1.54, 1.807) is 11.1 Å². The number of aryl methyl sites for hydroxylation is 1. The van der Waals surface area contributed by atoms with Gasteiger partial charge < -0.3 is 9.30 Å². The van der Waals surface area contributed by atoms with Gasteiger partial charge in [-0.25, -0.2) is 4.98 Å². The molecule has 3 nitrogen and oxygen atoms in total. The molecule has 0 N–H and O–H groups in total. The van der Waals surface area contributed by atoms with Crippen LogP contribution in [-0.4, -0.2) is 16.2 Å². The quantitative estimate of drug-likeness (QED) is 0.0303. The highest BCUT2D eigenvalue weighted by Crippen LogP contribution is 2.56. The summed E-state index contributed by atoms with van der Waals surface area (Å²) in [5.74, 6) is 1.99. The Bertz CT molecular complexity index is 3390. The summed E-state index contributed by atoms with van der Waals surface area (Å²) >= 11 is 0. The largest absolute Gasteiger partial charge is 0.494 e. The average molecular weight is 1080 g/mol. The molecule has 8 aromatic carbocycles. The summed E-state index contributed by atoms with van der Waals surface area (Å²) in [5, 5.41) is 5.02. The van der Waals surface area contributed by atoms with Crippen LogP contribution in [0.5, 0.6) is 5.75 Å². The van der Waals surface area contributed by atoms with Gasteiger partial charge in [0.15, 0.2) is 0 Å². The Balaban J connectivity index is 1.08. The Hall–Kier alpha value is -6.45. The van der Waals surface area contributed by atoms with Gasteiger partial charge >= 0.3 is 0 Å². The normalized spacial score (nSPS) is 12.7. The fraction of sp³-hybridized carbons (Fsp3) is 0.423. The van der Waals surface area contributed by atoms with Gasteiger partial charge in [0.05, 0.1) is 17.6 Å². The summed E-state index contributed by atoms with van der Waals surface area (Å²) in [7, 11) is 0. The van der Waals surface area contributed by atoms with Gasteiger partial charge in [-0.15, -0.1) is 0 Å². The van der Waals surface area contributed by atoms with Crippen molar-refractivity contribution >= 4 is 32.6 Å². The molecule has 0 spiro atoms. The predicted molar refractivity (Wildman–Crippen MR) is 351 cm³/mol. The van der Waals surface area contributed by atoms with E-state index in [2.05, 4.69) is 190 Å². The lowest BCUT2D eigenvalue weighted by molar-refractivity contribution is 0.304. The van der Waals surface area contributed by atoms with Gasteiger partial charge in [0.2, 0.25) is 0 Å². The molecule has 3 heteroatoms. The zero-order valence-corrected chi connectivity index (χ0v) is 50.1. The third-order valence-corrected chi connectivity index (χ3v) is 18.2. The molecule has 0 saturated heterocycles. The summed E-state index contributed by atoms with van der Waals surface area (Å²) in [6.45, 7) is 10.9. The molecule has 0 saturated carbocycles. The fourth-order valence-corrected chi connectivity index (χ4v) is 13.7. The molecule has 0 bridgehead atoms. The molecule has 81 heavy (non-hydrogen) atoms. The minimum atomic E-state index is -0.00449. The molecular weight excluding hydrogens is 981 g/mol. The van der Waals surface area contributed by atoms with Gasteiger partial charge in [-0.05, 0) is 141 Å². The molecule has 0 unspecified atom stereocenters. The molecule has 1 aliphatic carbocycles. The number of fused-ring (bicyclic) bond motifs is 9. The molecule has 0 radical (unpaired) electrons. The van der Waals surface area contributed by atoms with Gasteiger partial charge in [0.1, 0.15) is 11.6 Å². The highest BCUT2D eigenvalue weighted by molar-refractivity contribution is 6.25. The maximum atomic E-state index is 6.32. The Morgan fingerprint density at radius 1 is 0.358 bits per heavy atom. The third-order valence-electron chi connectivity index (χ3n) is 18.2. The molecular formula is C78H94N2O. The van der Waals surface area contributed by atoms with E-state index in [1.165, 1.54) is 226 Å². The van der Waals surface area contributed by atoms with E-state index in [9.17, 15) is 0 Å². The summed E-state index contributed by atoms with van der Waals surface area (Å²) in [4.78, 5) is 5.74. The first kappa shape index (κ1) is 57.8. The lowest BCUT2D eigenvalue weighted by Gasteiger charge is -2.33.